The zero-order valence-electron chi connectivity index (χ0n) is 8.10. The summed E-state index contributed by atoms with van der Waals surface area (Å²) in [6.07, 6.45) is 3.09. The van der Waals surface area contributed by atoms with Crippen LogP contribution in [0.3, 0.4) is 0 Å². The van der Waals surface area contributed by atoms with Crippen LogP contribution in [0.15, 0.2) is 29.3 Å². The van der Waals surface area contributed by atoms with Crippen molar-refractivity contribution in [1.82, 2.24) is 9.55 Å². The normalized spacial score (nSPS) is 10.5. The molecule has 1 amide bonds. The molecular formula is C10H9N3O2. The molecule has 0 radical (unpaired) electrons. The van der Waals surface area contributed by atoms with Gasteiger partial charge in [-0.05, 0) is 6.07 Å². The number of hydrogen-bond donors (Lipinski definition) is 1. The van der Waals surface area contributed by atoms with E-state index in [1.54, 1.807) is 23.9 Å². The summed E-state index contributed by atoms with van der Waals surface area (Å²) in [6.45, 7) is 0. The Morgan fingerprint density at radius 2 is 2.20 bits per heavy atom. The Morgan fingerprint density at radius 3 is 2.87 bits per heavy atom. The maximum atomic E-state index is 11.6. The first-order valence-corrected chi connectivity index (χ1v) is 4.35. The molecule has 0 bridgehead atoms. The van der Waals surface area contributed by atoms with Crippen molar-refractivity contribution in [1.29, 1.82) is 0 Å². The minimum absolute atomic E-state index is 0.0219. The summed E-state index contributed by atoms with van der Waals surface area (Å²) in [6, 6.07) is 3.06. The molecule has 2 heterocycles. The van der Waals surface area contributed by atoms with Crippen molar-refractivity contribution >= 4 is 16.8 Å². The number of hydrogen-bond acceptors (Lipinski definition) is 3. The van der Waals surface area contributed by atoms with Crippen LogP contribution < -0.4 is 11.2 Å². The molecule has 76 valence electrons. The second kappa shape index (κ2) is 3.20. The number of nitrogens with two attached hydrogens (primary N) is 1. The van der Waals surface area contributed by atoms with Crippen molar-refractivity contribution in [3.63, 3.8) is 0 Å². The number of aromatic nitrogens is 2. The van der Waals surface area contributed by atoms with E-state index in [0.29, 0.717) is 5.52 Å². The van der Waals surface area contributed by atoms with Gasteiger partial charge in [0.1, 0.15) is 5.69 Å². The van der Waals surface area contributed by atoms with Crippen LogP contribution in [-0.2, 0) is 7.05 Å². The molecule has 0 aromatic carbocycles. The molecule has 0 saturated carbocycles. The molecule has 0 atom stereocenters. The van der Waals surface area contributed by atoms with Crippen LogP contribution in [0.2, 0.25) is 0 Å². The van der Waals surface area contributed by atoms with Crippen molar-refractivity contribution in [3.05, 3.63) is 40.4 Å². The molecule has 2 N–H and O–H groups in total. The number of amides is 1. The average Bonchev–Trinajstić information content (AvgIpc) is 2.23. The quantitative estimate of drug-likeness (QED) is 0.710. The number of pyridine rings is 2. The van der Waals surface area contributed by atoms with Gasteiger partial charge in [0.2, 0.25) is 0 Å². The van der Waals surface area contributed by atoms with Gasteiger partial charge < -0.3 is 10.3 Å². The average molecular weight is 203 g/mol. The van der Waals surface area contributed by atoms with Crippen molar-refractivity contribution in [3.8, 4) is 0 Å². The van der Waals surface area contributed by atoms with Crippen LogP contribution in [-0.4, -0.2) is 15.5 Å². The molecule has 2 rings (SSSR count). The number of fused-ring (bicyclic) bond motifs is 1. The molecular weight excluding hydrogens is 194 g/mol. The number of primary amides is 1. The lowest BCUT2D eigenvalue weighted by molar-refractivity contribution is 0.0997. The lowest BCUT2D eigenvalue weighted by Gasteiger charge is -2.05. The number of nitrogens with zero attached hydrogens (tertiary/aromatic N) is 2. The fourth-order valence-corrected chi connectivity index (χ4v) is 1.52. The third-order valence-corrected chi connectivity index (χ3v) is 2.24. The maximum Gasteiger partial charge on any atom is 0.268 e. The summed E-state index contributed by atoms with van der Waals surface area (Å²) < 4.78 is 1.74. The molecule has 15 heavy (non-hydrogen) atoms. The summed E-state index contributed by atoms with van der Waals surface area (Å²) in [4.78, 5) is 26.5. The van der Waals surface area contributed by atoms with E-state index in [4.69, 9.17) is 5.73 Å². The Morgan fingerprint density at radius 1 is 1.47 bits per heavy atom. The van der Waals surface area contributed by atoms with E-state index in [9.17, 15) is 9.59 Å². The van der Waals surface area contributed by atoms with Gasteiger partial charge in [-0.15, -0.1) is 0 Å². The van der Waals surface area contributed by atoms with Gasteiger partial charge >= 0.3 is 0 Å². The van der Waals surface area contributed by atoms with Gasteiger partial charge in [0.05, 0.1) is 10.9 Å². The summed E-state index contributed by atoms with van der Waals surface area (Å²) in [5.74, 6) is -0.691. The van der Waals surface area contributed by atoms with Crippen molar-refractivity contribution < 1.29 is 4.79 Å². The largest absolute Gasteiger partial charge is 0.364 e. The van der Waals surface area contributed by atoms with Crippen LogP contribution >= 0.6 is 0 Å². The summed E-state index contributed by atoms with van der Waals surface area (Å²) in [5, 5.41) is 0.273. The predicted molar refractivity (Wildman–Crippen MR) is 55.5 cm³/mol. The minimum Gasteiger partial charge on any atom is -0.364 e. The van der Waals surface area contributed by atoms with E-state index in [0.717, 1.165) is 0 Å². The Kier molecular flexibility index (Phi) is 2.00. The van der Waals surface area contributed by atoms with Gasteiger partial charge in [0.25, 0.3) is 5.91 Å². The van der Waals surface area contributed by atoms with E-state index >= 15 is 0 Å². The molecule has 0 spiro atoms. The van der Waals surface area contributed by atoms with Gasteiger partial charge in [-0.25, -0.2) is 0 Å². The van der Waals surface area contributed by atoms with E-state index in [-0.39, 0.29) is 16.5 Å². The van der Waals surface area contributed by atoms with E-state index in [2.05, 4.69) is 4.98 Å². The van der Waals surface area contributed by atoms with Crippen LogP contribution in [0.4, 0.5) is 0 Å². The standard InChI is InChI=1S/C10H9N3O2/c1-13-5-3-7(14)8-6(13)2-4-12-9(8)10(11)15/h2-5H,1H3,(H2,11,15). The third kappa shape index (κ3) is 1.38. The number of rotatable bonds is 1. The molecule has 5 nitrogen and oxygen atoms in total. The van der Waals surface area contributed by atoms with Gasteiger partial charge in [-0.1, -0.05) is 0 Å². The first-order chi connectivity index (χ1) is 7.11. The SMILES string of the molecule is Cn1ccc(=O)c2c(C(N)=O)nccc21. The number of aryl methyl sites for hydroxylation is 1. The molecule has 0 fully saturated rings. The fourth-order valence-electron chi connectivity index (χ4n) is 1.52. The summed E-state index contributed by atoms with van der Waals surface area (Å²) in [7, 11) is 1.78. The maximum absolute atomic E-state index is 11.6. The van der Waals surface area contributed by atoms with Crippen LogP contribution in [0.5, 0.6) is 0 Å². The highest BCUT2D eigenvalue weighted by Crippen LogP contribution is 2.10. The zero-order valence-corrected chi connectivity index (χ0v) is 8.10. The molecule has 0 aliphatic carbocycles. The van der Waals surface area contributed by atoms with Crippen molar-refractivity contribution in [2.24, 2.45) is 12.8 Å². The van der Waals surface area contributed by atoms with Crippen molar-refractivity contribution in [2.75, 3.05) is 0 Å². The van der Waals surface area contributed by atoms with E-state index in [1.165, 1.54) is 12.3 Å². The molecule has 0 unspecified atom stereocenters. The second-order valence-electron chi connectivity index (χ2n) is 3.21. The van der Waals surface area contributed by atoms with Crippen LogP contribution in [0, 0.1) is 0 Å². The topological polar surface area (TPSA) is 78.0 Å². The highest BCUT2D eigenvalue weighted by molar-refractivity contribution is 6.03. The Labute approximate surface area is 85.2 Å². The van der Waals surface area contributed by atoms with Gasteiger partial charge in [-0.2, -0.15) is 0 Å². The Hall–Kier alpha value is -2.17. The van der Waals surface area contributed by atoms with Gasteiger partial charge in [0, 0.05) is 25.5 Å². The summed E-state index contributed by atoms with van der Waals surface area (Å²) >= 11 is 0. The summed E-state index contributed by atoms with van der Waals surface area (Å²) in [5.41, 5.74) is 5.57. The first-order valence-electron chi connectivity index (χ1n) is 4.35. The van der Waals surface area contributed by atoms with Gasteiger partial charge in [-0.3, -0.25) is 14.6 Å². The second-order valence-corrected chi connectivity index (χ2v) is 3.21. The zero-order chi connectivity index (χ0) is 11.0. The van der Waals surface area contributed by atoms with Crippen LogP contribution in [0.1, 0.15) is 10.5 Å². The molecule has 0 aliphatic rings. The van der Waals surface area contributed by atoms with Crippen LogP contribution in [0.25, 0.3) is 10.9 Å². The van der Waals surface area contributed by atoms with E-state index in [1.807, 2.05) is 0 Å². The lowest BCUT2D eigenvalue weighted by Crippen LogP contribution is -2.18. The Balaban J connectivity index is 3.03. The monoisotopic (exact) mass is 203 g/mol. The molecule has 2 aromatic heterocycles. The molecule has 5 heteroatoms. The minimum atomic E-state index is -0.691. The highest BCUT2D eigenvalue weighted by Gasteiger charge is 2.11. The first kappa shape index (κ1) is 9.39. The predicted octanol–water partition coefficient (Wildman–Crippen LogP) is 0.0324. The Bertz CT molecular complexity index is 601. The molecule has 0 aliphatic heterocycles. The smallest absolute Gasteiger partial charge is 0.268 e. The number of carbonyl (C=O) groups is 1. The van der Waals surface area contributed by atoms with Crippen molar-refractivity contribution in [2.45, 2.75) is 0 Å². The molecule has 0 saturated heterocycles. The molecule has 2 aromatic rings. The lowest BCUT2D eigenvalue weighted by atomic mass is 10.2. The number of carbonyl (C=O) groups excluding carboxylic acids is 1. The third-order valence-electron chi connectivity index (χ3n) is 2.24. The fraction of sp³-hybridized carbons (Fsp3) is 0.100. The highest BCUT2D eigenvalue weighted by atomic mass is 16.1. The van der Waals surface area contributed by atoms with Gasteiger partial charge in [0.15, 0.2) is 5.43 Å². The van der Waals surface area contributed by atoms with E-state index < -0.39 is 5.91 Å².